The van der Waals surface area contributed by atoms with Crippen LogP contribution in [0.2, 0.25) is 0 Å². The lowest BCUT2D eigenvalue weighted by molar-refractivity contribution is -0.248. The molecule has 4 unspecified atom stereocenters. The first-order chi connectivity index (χ1) is 45.4. The summed E-state index contributed by atoms with van der Waals surface area (Å²) in [6, 6.07) is 17.7. The molecular weight excluding hydrogens is 1230 g/mol. The molecular formula is C73H92N14O6S2. The molecule has 502 valence electrons. The molecule has 4 bridgehead atoms. The molecule has 4 N–H and O–H groups in total. The number of para-hydroxylation sites is 1. The number of thiazole rings is 2. The summed E-state index contributed by atoms with van der Waals surface area (Å²) in [7, 11) is 0. The number of benzene rings is 2. The molecule has 3 saturated heterocycles. The first kappa shape index (κ1) is 65.1. The Bertz CT molecular complexity index is 4020. The molecule has 15 rings (SSSR count). The Morgan fingerprint density at radius 3 is 2.33 bits per heavy atom. The quantitative estimate of drug-likeness (QED) is 0.0626. The molecule has 4 aliphatic heterocycles. The van der Waals surface area contributed by atoms with Gasteiger partial charge in [0.1, 0.15) is 23.6 Å². The molecule has 7 fully saturated rings. The first-order valence-corrected chi connectivity index (χ1v) is 36.2. The van der Waals surface area contributed by atoms with Crippen molar-refractivity contribution >= 4 is 79.1 Å². The number of rotatable bonds is 18. The second-order valence-electron chi connectivity index (χ2n) is 30.9. The van der Waals surface area contributed by atoms with Gasteiger partial charge in [-0.15, -0.1) is 21.5 Å². The Labute approximate surface area is 565 Å². The molecule has 20 nitrogen and oxygen atoms in total. The van der Waals surface area contributed by atoms with Crippen molar-refractivity contribution in [3.8, 4) is 21.6 Å². The highest BCUT2D eigenvalue weighted by atomic mass is 32.1. The monoisotopic (exact) mass is 1320 g/mol. The average Bonchev–Trinajstić information content (AvgIpc) is 1.21. The largest absolute Gasteiger partial charge is 0.391 e. The zero-order chi connectivity index (χ0) is 66.3. The number of carbonyl (C=O) groups excluding carboxylic acids is 4. The smallest absolute Gasteiger partial charge is 0.273 e. The van der Waals surface area contributed by atoms with Gasteiger partial charge in [0, 0.05) is 73.6 Å². The minimum absolute atomic E-state index is 0.00742. The minimum Gasteiger partial charge on any atom is -0.391 e. The molecule has 4 amide bonds. The molecule has 9 atom stereocenters. The standard InChI is InChI=1S/C73H92N14O6S2/c1-44-52-17-15-29-85(63(52)82-81-62(44)80-68-77-55-18-10-11-19-57(55)95-68)58-25-24-53(54-33-75-87(47(54)4)42-72-37-70(8)36-71(9,38-72)40-73(39-70,41-72)93-31-30-83-26-12-13-27-83)59(78-58)66(91)84-28-14-16-50(34-84)64(89)79-61(69(5,6)7)67(92)86-35-51(88)32-56(86)65(90)76-45(2)48-20-22-49(23-21-48)60-46(3)74-43-94-60/h10-11,18-25,33,43,45,50-51,56,61,88H,12-17,26-32,34-42H2,1-9H3,(H,76,90)(H,79,89)(H,77,80,81)/t45-,50?,51+,56-,61?,70-,71+,72?,73?/m0/s1. The number of hydrogen-bond donors (Lipinski definition) is 4. The number of aromatic nitrogens is 7. The molecule has 4 aliphatic carbocycles. The summed E-state index contributed by atoms with van der Waals surface area (Å²) in [5.41, 5.74) is 9.74. The number of amides is 4. The van der Waals surface area contributed by atoms with E-state index in [1.807, 2.05) is 101 Å². The topological polar surface area (TPSA) is 229 Å². The van der Waals surface area contributed by atoms with E-state index in [1.54, 1.807) is 27.6 Å². The van der Waals surface area contributed by atoms with Crippen molar-refractivity contribution in [2.45, 2.75) is 182 Å². The molecule has 7 aromatic rings. The van der Waals surface area contributed by atoms with Gasteiger partial charge >= 0.3 is 0 Å². The summed E-state index contributed by atoms with van der Waals surface area (Å²) in [4.78, 5) is 83.3. The number of carbonyl (C=O) groups is 4. The van der Waals surface area contributed by atoms with Gasteiger partial charge in [-0.2, -0.15) is 5.10 Å². The lowest BCUT2D eigenvalue weighted by Gasteiger charge is -2.69. The van der Waals surface area contributed by atoms with Gasteiger partial charge in [-0.25, -0.2) is 15.0 Å². The third-order valence-corrected chi connectivity index (χ3v) is 23.9. The summed E-state index contributed by atoms with van der Waals surface area (Å²) in [6.45, 7) is 24.6. The van der Waals surface area contributed by atoms with Crippen LogP contribution in [-0.2, 0) is 32.1 Å². The number of fused-ring (bicyclic) bond motifs is 2. The van der Waals surface area contributed by atoms with E-state index in [4.69, 9.17) is 30.0 Å². The number of anilines is 4. The van der Waals surface area contributed by atoms with Crippen LogP contribution in [0.5, 0.6) is 0 Å². The second kappa shape index (κ2) is 25.3. The summed E-state index contributed by atoms with van der Waals surface area (Å²) in [6.07, 6.45) is 12.9. The maximum Gasteiger partial charge on any atom is 0.273 e. The lowest BCUT2D eigenvalue weighted by atomic mass is 9.39. The van der Waals surface area contributed by atoms with Crippen molar-refractivity contribution in [3.05, 3.63) is 106 Å². The highest BCUT2D eigenvalue weighted by Gasteiger charge is 2.66. The fourth-order valence-corrected chi connectivity index (χ4v) is 20.1. The molecule has 0 spiro atoms. The molecule has 95 heavy (non-hydrogen) atoms. The van der Waals surface area contributed by atoms with E-state index in [-0.39, 0.29) is 70.8 Å². The van der Waals surface area contributed by atoms with Crippen LogP contribution in [-0.4, -0.2) is 155 Å². The summed E-state index contributed by atoms with van der Waals surface area (Å²) in [5.74, 6) is -0.256. The Balaban J connectivity index is 0.726. The van der Waals surface area contributed by atoms with Gasteiger partial charge in [-0.3, -0.25) is 23.9 Å². The third kappa shape index (κ3) is 12.9. The van der Waals surface area contributed by atoms with Crippen LogP contribution in [0.4, 0.5) is 22.6 Å². The zero-order valence-corrected chi connectivity index (χ0v) is 58.2. The van der Waals surface area contributed by atoms with Gasteiger partial charge in [0.25, 0.3) is 5.91 Å². The average molecular weight is 1330 g/mol. The second-order valence-corrected chi connectivity index (χ2v) is 32.8. The molecule has 22 heteroatoms. The first-order valence-electron chi connectivity index (χ1n) is 34.5. The molecule has 2 aromatic carbocycles. The predicted molar refractivity (Wildman–Crippen MR) is 371 cm³/mol. The van der Waals surface area contributed by atoms with Crippen molar-refractivity contribution in [1.82, 2.24) is 60.3 Å². The van der Waals surface area contributed by atoms with Crippen LogP contribution in [0, 0.1) is 48.3 Å². The normalized spacial score (nSPS) is 26.5. The van der Waals surface area contributed by atoms with Crippen molar-refractivity contribution < 1.29 is 29.0 Å². The van der Waals surface area contributed by atoms with Gasteiger partial charge < -0.3 is 45.4 Å². The van der Waals surface area contributed by atoms with E-state index >= 15 is 4.79 Å². The van der Waals surface area contributed by atoms with Crippen molar-refractivity contribution in [2.75, 3.05) is 62.6 Å². The maximum atomic E-state index is 15.8. The van der Waals surface area contributed by atoms with Crippen molar-refractivity contribution in [2.24, 2.45) is 27.6 Å². The number of nitrogens with one attached hydrogen (secondary N) is 3. The van der Waals surface area contributed by atoms with Crippen LogP contribution in [0.25, 0.3) is 31.8 Å². The van der Waals surface area contributed by atoms with Gasteiger partial charge in [-0.1, -0.05) is 82.4 Å². The van der Waals surface area contributed by atoms with E-state index in [0.29, 0.717) is 48.9 Å². The van der Waals surface area contributed by atoms with Gasteiger partial charge in [0.05, 0.1) is 62.8 Å². The molecule has 0 radical (unpaired) electrons. The van der Waals surface area contributed by atoms with Gasteiger partial charge in [-0.05, 0) is 175 Å². The zero-order valence-electron chi connectivity index (χ0n) is 56.6. The predicted octanol–water partition coefficient (Wildman–Crippen LogP) is 11.7. The van der Waals surface area contributed by atoms with E-state index in [1.165, 1.54) is 24.2 Å². The number of hydrogen-bond acceptors (Lipinski definition) is 17. The van der Waals surface area contributed by atoms with Crippen LogP contribution < -0.4 is 20.9 Å². The minimum atomic E-state index is -1.05. The Kier molecular flexibility index (Phi) is 17.3. The van der Waals surface area contributed by atoms with Crippen LogP contribution in [0.1, 0.15) is 163 Å². The number of aliphatic hydroxyl groups is 1. The van der Waals surface area contributed by atoms with Crippen LogP contribution in [0.3, 0.4) is 0 Å². The third-order valence-electron chi connectivity index (χ3n) is 21.9. The molecule has 8 aliphatic rings. The number of β-amino-alcohol motifs (C(OH)–C–C–N with tert-alkyl or cyclic N) is 1. The van der Waals surface area contributed by atoms with Crippen LogP contribution in [0.15, 0.2) is 72.4 Å². The van der Waals surface area contributed by atoms with Gasteiger partial charge in [0.2, 0.25) is 17.7 Å². The Hall–Kier alpha value is -7.24. The van der Waals surface area contributed by atoms with Crippen LogP contribution >= 0.6 is 22.7 Å². The van der Waals surface area contributed by atoms with E-state index in [0.717, 1.165) is 137 Å². The molecule has 5 aromatic heterocycles. The number of ether oxygens (including phenoxy) is 1. The van der Waals surface area contributed by atoms with E-state index < -0.39 is 35.4 Å². The number of aliphatic hydroxyl groups excluding tert-OH is 1. The van der Waals surface area contributed by atoms with E-state index in [9.17, 15) is 19.5 Å². The molecule has 9 heterocycles. The number of piperidine rings is 1. The number of aryl methyl sites for hydroxylation is 1. The maximum absolute atomic E-state index is 15.8. The van der Waals surface area contributed by atoms with Gasteiger partial charge in [0.15, 0.2) is 16.8 Å². The van der Waals surface area contributed by atoms with Crippen molar-refractivity contribution in [1.29, 1.82) is 0 Å². The number of likely N-dealkylation sites (tertiary alicyclic amines) is 3. The van der Waals surface area contributed by atoms with Crippen molar-refractivity contribution in [3.63, 3.8) is 0 Å². The number of pyridine rings is 1. The van der Waals surface area contributed by atoms with E-state index in [2.05, 4.69) is 69.2 Å². The fourth-order valence-electron chi connectivity index (χ4n) is 18.5. The lowest BCUT2D eigenvalue weighted by Crippen LogP contribution is -2.64. The Morgan fingerprint density at radius 2 is 1.59 bits per heavy atom. The summed E-state index contributed by atoms with van der Waals surface area (Å²) < 4.78 is 10.4. The fraction of sp³-hybridized carbons (Fsp3) is 0.562. The summed E-state index contributed by atoms with van der Waals surface area (Å²) >= 11 is 3.15. The highest BCUT2D eigenvalue weighted by Crippen LogP contribution is 2.72. The Morgan fingerprint density at radius 1 is 0.821 bits per heavy atom. The SMILES string of the molecule is Cc1ncsc1-c1ccc([C@H](C)NC(=O)[C@@H]2C[C@@H](O)CN2C(=O)C(NC(=O)C2CCCN(C(=O)c3nc(N4CCCc5c4nnc(Nc4nc6ccccc6s4)c5C)ccc3-c3cnn(CC45CC6(OCCN7CCCC7)C[C@](C)(C4)C[C@](C)(C5)C6)c3C)C2)C(C)(C)C)cc1. The highest BCUT2D eigenvalue weighted by molar-refractivity contribution is 7.22. The number of nitrogens with zero attached hydrogens (tertiary/aromatic N) is 11. The molecule has 4 saturated carbocycles. The summed E-state index contributed by atoms with van der Waals surface area (Å²) in [5, 5.41) is 36.3.